The molecule has 26 heavy (non-hydrogen) atoms. The quantitative estimate of drug-likeness (QED) is 0.560. The molecule has 0 fully saturated rings. The largest absolute Gasteiger partial charge is 0.451 e. The lowest BCUT2D eigenvalue weighted by atomic mass is 10.2. The molecular weight excluding hydrogens is 354 g/mol. The summed E-state index contributed by atoms with van der Waals surface area (Å²) in [6.45, 7) is 0. The van der Waals surface area contributed by atoms with Crippen LogP contribution >= 0.6 is 0 Å². The second-order valence-corrected chi connectivity index (χ2v) is 4.97. The third-order valence-electron chi connectivity index (χ3n) is 3.21. The van der Waals surface area contributed by atoms with E-state index in [1.54, 1.807) is 18.3 Å². The average Bonchev–Trinajstić information content (AvgIpc) is 2.65. The molecule has 0 spiro atoms. The summed E-state index contributed by atoms with van der Waals surface area (Å²) in [5.74, 6) is -9.03. The minimum Gasteiger partial charge on any atom is -0.451 e. The van der Waals surface area contributed by atoms with Crippen molar-refractivity contribution in [2.24, 2.45) is 0 Å². The number of rotatable bonds is 4. The van der Waals surface area contributed by atoms with E-state index in [9.17, 15) is 22.4 Å². The van der Waals surface area contributed by atoms with E-state index in [1.165, 1.54) is 30.5 Å². The highest BCUT2D eigenvalue weighted by Crippen LogP contribution is 2.29. The van der Waals surface area contributed by atoms with Gasteiger partial charge in [-0.2, -0.15) is 22.5 Å². The Hall–Kier alpha value is -3.49. The molecule has 0 aliphatic carbocycles. The number of anilines is 1. The van der Waals surface area contributed by atoms with Crippen molar-refractivity contribution in [3.05, 3.63) is 77.9 Å². The molecule has 3 aromatic rings. The summed E-state index contributed by atoms with van der Waals surface area (Å²) in [7, 11) is 0. The molecule has 2 heterocycles. The van der Waals surface area contributed by atoms with E-state index in [4.69, 9.17) is 4.74 Å². The Balaban J connectivity index is 1.77. The second-order valence-electron chi connectivity index (χ2n) is 4.97. The Labute approximate surface area is 144 Å². The Morgan fingerprint density at radius 2 is 1.62 bits per heavy atom. The summed E-state index contributed by atoms with van der Waals surface area (Å²) in [6.07, 6.45) is 3.00. The molecular formula is C17H9F4N3O2. The number of halogens is 4. The van der Waals surface area contributed by atoms with Gasteiger partial charge in [-0.25, -0.2) is 0 Å². The highest BCUT2D eigenvalue weighted by atomic mass is 19.2. The number of nitrogens with zero attached hydrogens (tertiary/aromatic N) is 2. The van der Waals surface area contributed by atoms with Gasteiger partial charge in [-0.15, -0.1) is 0 Å². The first-order chi connectivity index (χ1) is 12.5. The highest BCUT2D eigenvalue weighted by molar-refractivity contribution is 6.04. The topological polar surface area (TPSA) is 64.1 Å². The van der Waals surface area contributed by atoms with Gasteiger partial charge in [0.25, 0.3) is 17.8 Å². The fourth-order valence-electron chi connectivity index (χ4n) is 1.99. The number of hydrogen-bond donors (Lipinski definition) is 1. The van der Waals surface area contributed by atoms with Gasteiger partial charge in [-0.3, -0.25) is 9.78 Å². The van der Waals surface area contributed by atoms with Gasteiger partial charge in [0.15, 0.2) is 0 Å². The van der Waals surface area contributed by atoms with Crippen LogP contribution in [0.2, 0.25) is 0 Å². The SMILES string of the molecule is O=C(Nc1cccnc1)c1ccc(Oc2c(F)c(F)nc(F)c2F)cc1. The van der Waals surface area contributed by atoms with Crippen LogP contribution in [-0.4, -0.2) is 15.9 Å². The lowest BCUT2D eigenvalue weighted by Crippen LogP contribution is -2.11. The summed E-state index contributed by atoms with van der Waals surface area (Å²) in [5.41, 5.74) is 0.693. The number of carbonyl (C=O) groups excluding carboxylic acids is 1. The zero-order chi connectivity index (χ0) is 18.7. The monoisotopic (exact) mass is 363 g/mol. The zero-order valence-electron chi connectivity index (χ0n) is 12.8. The molecule has 0 bridgehead atoms. The van der Waals surface area contributed by atoms with Gasteiger partial charge in [0.05, 0.1) is 11.9 Å². The fourth-order valence-corrected chi connectivity index (χ4v) is 1.99. The van der Waals surface area contributed by atoms with Crippen LogP contribution in [0.5, 0.6) is 11.5 Å². The zero-order valence-corrected chi connectivity index (χ0v) is 12.8. The van der Waals surface area contributed by atoms with Crippen molar-refractivity contribution in [1.29, 1.82) is 0 Å². The number of aromatic nitrogens is 2. The van der Waals surface area contributed by atoms with Crippen LogP contribution in [0.3, 0.4) is 0 Å². The van der Waals surface area contributed by atoms with Crippen LogP contribution in [0.15, 0.2) is 48.8 Å². The fraction of sp³-hybridized carbons (Fsp3) is 0. The Morgan fingerprint density at radius 3 is 2.19 bits per heavy atom. The summed E-state index contributed by atoms with van der Waals surface area (Å²) in [4.78, 5) is 18.4. The van der Waals surface area contributed by atoms with E-state index < -0.39 is 35.2 Å². The predicted molar refractivity (Wildman–Crippen MR) is 82.8 cm³/mol. The van der Waals surface area contributed by atoms with E-state index in [0.29, 0.717) is 5.69 Å². The van der Waals surface area contributed by atoms with Crippen LogP contribution in [0.25, 0.3) is 0 Å². The summed E-state index contributed by atoms with van der Waals surface area (Å²) in [5, 5.41) is 2.59. The van der Waals surface area contributed by atoms with Crippen LogP contribution in [0.4, 0.5) is 23.2 Å². The maximum atomic E-state index is 13.5. The second kappa shape index (κ2) is 7.18. The van der Waals surface area contributed by atoms with E-state index in [2.05, 4.69) is 15.3 Å². The smallest absolute Gasteiger partial charge is 0.255 e. The normalized spacial score (nSPS) is 10.5. The van der Waals surface area contributed by atoms with E-state index >= 15 is 0 Å². The lowest BCUT2D eigenvalue weighted by molar-refractivity contribution is 0.102. The van der Waals surface area contributed by atoms with Crippen LogP contribution < -0.4 is 10.1 Å². The van der Waals surface area contributed by atoms with Crippen molar-refractivity contribution in [2.45, 2.75) is 0 Å². The molecule has 0 radical (unpaired) electrons. The third-order valence-corrected chi connectivity index (χ3v) is 3.21. The number of hydrogen-bond acceptors (Lipinski definition) is 4. The van der Waals surface area contributed by atoms with Gasteiger partial charge in [-0.1, -0.05) is 0 Å². The highest BCUT2D eigenvalue weighted by Gasteiger charge is 2.23. The predicted octanol–water partition coefficient (Wildman–Crippen LogP) is 4.08. The van der Waals surface area contributed by atoms with E-state index in [1.807, 2.05) is 0 Å². The van der Waals surface area contributed by atoms with Crippen molar-refractivity contribution >= 4 is 11.6 Å². The maximum absolute atomic E-state index is 13.5. The molecule has 0 saturated carbocycles. The van der Waals surface area contributed by atoms with Crippen molar-refractivity contribution in [3.63, 3.8) is 0 Å². The third kappa shape index (κ3) is 3.61. The van der Waals surface area contributed by atoms with Crippen molar-refractivity contribution in [1.82, 2.24) is 9.97 Å². The standard InChI is InChI=1S/C17H9F4N3O2/c18-12-14(13(19)16(21)24-15(12)20)26-11-5-3-9(4-6-11)17(25)23-10-2-1-7-22-8-10/h1-8H,(H,23,25). The van der Waals surface area contributed by atoms with Gasteiger partial charge < -0.3 is 10.1 Å². The molecule has 2 aromatic heterocycles. The summed E-state index contributed by atoms with van der Waals surface area (Å²) >= 11 is 0. The maximum Gasteiger partial charge on any atom is 0.255 e. The van der Waals surface area contributed by atoms with Gasteiger partial charge in [0.1, 0.15) is 5.75 Å². The van der Waals surface area contributed by atoms with E-state index in [-0.39, 0.29) is 11.3 Å². The number of pyridine rings is 2. The Kier molecular flexibility index (Phi) is 4.78. The van der Waals surface area contributed by atoms with Gasteiger partial charge in [-0.05, 0) is 36.4 Å². The van der Waals surface area contributed by atoms with Gasteiger partial charge >= 0.3 is 0 Å². The molecule has 1 N–H and O–H groups in total. The van der Waals surface area contributed by atoms with Crippen LogP contribution in [0, 0.1) is 23.5 Å². The van der Waals surface area contributed by atoms with Gasteiger partial charge in [0.2, 0.25) is 17.4 Å². The molecule has 132 valence electrons. The molecule has 1 amide bonds. The number of benzene rings is 1. The Morgan fingerprint density at radius 1 is 0.962 bits per heavy atom. The average molecular weight is 363 g/mol. The molecule has 0 aliphatic rings. The number of amides is 1. The van der Waals surface area contributed by atoms with Gasteiger partial charge in [0, 0.05) is 11.8 Å². The van der Waals surface area contributed by atoms with E-state index in [0.717, 1.165) is 0 Å². The van der Waals surface area contributed by atoms with Crippen molar-refractivity contribution in [3.8, 4) is 11.5 Å². The molecule has 0 saturated heterocycles. The van der Waals surface area contributed by atoms with Crippen molar-refractivity contribution in [2.75, 3.05) is 5.32 Å². The minimum atomic E-state index is -1.83. The molecule has 0 unspecified atom stereocenters. The molecule has 0 atom stereocenters. The molecule has 5 nitrogen and oxygen atoms in total. The Bertz CT molecular complexity index is 924. The lowest BCUT2D eigenvalue weighted by Gasteiger charge is -2.09. The molecule has 0 aliphatic heterocycles. The molecule has 3 rings (SSSR count). The summed E-state index contributed by atoms with van der Waals surface area (Å²) < 4.78 is 58.1. The first-order valence-electron chi connectivity index (χ1n) is 7.15. The molecule has 9 heteroatoms. The van der Waals surface area contributed by atoms with Crippen LogP contribution in [0.1, 0.15) is 10.4 Å². The number of carbonyl (C=O) groups is 1. The van der Waals surface area contributed by atoms with Crippen LogP contribution in [-0.2, 0) is 0 Å². The number of ether oxygens (including phenoxy) is 1. The minimum absolute atomic E-state index is 0.134. The number of nitrogens with one attached hydrogen (secondary N) is 1. The molecule has 1 aromatic carbocycles. The first-order valence-corrected chi connectivity index (χ1v) is 7.15. The summed E-state index contributed by atoms with van der Waals surface area (Å²) in [6, 6.07) is 8.33. The first kappa shape index (κ1) is 17.3. The van der Waals surface area contributed by atoms with Crippen molar-refractivity contribution < 1.29 is 27.1 Å².